The molecule has 1 amide bonds. The molecule has 4 rings (SSSR count). The van der Waals surface area contributed by atoms with E-state index >= 15 is 0 Å². The van der Waals surface area contributed by atoms with E-state index in [1.807, 2.05) is 53.4 Å². The Balaban J connectivity index is 1.68. The van der Waals surface area contributed by atoms with Crippen LogP contribution in [-0.4, -0.2) is 19.2 Å². The zero-order chi connectivity index (χ0) is 15.6. The third kappa shape index (κ3) is 2.65. The number of rotatable bonds is 4. The molecular weight excluding hydrogens is 290 g/mol. The van der Waals surface area contributed by atoms with Gasteiger partial charge in [0.05, 0.1) is 5.56 Å². The summed E-state index contributed by atoms with van der Waals surface area (Å²) in [4.78, 5) is 15.0. The summed E-state index contributed by atoms with van der Waals surface area (Å²) in [6.45, 7) is 0.932. The van der Waals surface area contributed by atoms with E-state index in [0.717, 1.165) is 12.2 Å². The van der Waals surface area contributed by atoms with Crippen molar-refractivity contribution in [3.8, 4) is 11.5 Å². The maximum atomic E-state index is 13.2. The van der Waals surface area contributed by atoms with Crippen molar-refractivity contribution < 1.29 is 14.3 Å². The summed E-state index contributed by atoms with van der Waals surface area (Å²) < 4.78 is 10.9. The number of ether oxygens (including phenoxy) is 2. The number of benzene rings is 2. The molecule has 118 valence electrons. The van der Waals surface area contributed by atoms with E-state index in [1.165, 1.54) is 19.3 Å². The molecule has 0 radical (unpaired) electrons. The van der Waals surface area contributed by atoms with Gasteiger partial charge in [-0.1, -0.05) is 30.7 Å². The molecule has 1 aliphatic heterocycles. The highest BCUT2D eigenvalue weighted by molar-refractivity contribution is 6.08. The number of hydrogen-bond acceptors (Lipinski definition) is 3. The Morgan fingerprint density at radius 2 is 1.87 bits per heavy atom. The maximum Gasteiger partial charge on any atom is 0.262 e. The number of anilines is 1. The van der Waals surface area contributed by atoms with E-state index in [1.54, 1.807) is 0 Å². The van der Waals surface area contributed by atoms with E-state index in [9.17, 15) is 4.79 Å². The van der Waals surface area contributed by atoms with Crippen LogP contribution in [0.5, 0.6) is 11.5 Å². The fourth-order valence-electron chi connectivity index (χ4n) is 3.09. The average Bonchev–Trinajstić information content (AvgIpc) is 3.03. The third-order valence-corrected chi connectivity index (χ3v) is 4.61. The Kier molecular flexibility index (Phi) is 3.66. The normalized spacial score (nSPS) is 16.0. The summed E-state index contributed by atoms with van der Waals surface area (Å²) in [7, 11) is 0. The highest BCUT2D eigenvalue weighted by atomic mass is 16.7. The second-order valence-electron chi connectivity index (χ2n) is 6.09. The lowest BCUT2D eigenvalue weighted by Crippen LogP contribution is -2.37. The van der Waals surface area contributed by atoms with Crippen LogP contribution >= 0.6 is 0 Å². The van der Waals surface area contributed by atoms with Crippen LogP contribution in [0.2, 0.25) is 0 Å². The number of carbonyl (C=O) groups is 1. The van der Waals surface area contributed by atoms with Gasteiger partial charge in [0, 0.05) is 12.2 Å². The number of fused-ring (bicyclic) bond motifs is 1. The smallest absolute Gasteiger partial charge is 0.262 e. The van der Waals surface area contributed by atoms with Gasteiger partial charge in [0.25, 0.3) is 5.91 Å². The highest BCUT2D eigenvalue weighted by Crippen LogP contribution is 2.37. The quantitative estimate of drug-likeness (QED) is 0.861. The van der Waals surface area contributed by atoms with Gasteiger partial charge in [0.1, 0.15) is 0 Å². The highest BCUT2D eigenvalue weighted by Gasteiger charge is 2.29. The Bertz CT molecular complexity index is 710. The fraction of sp³-hybridized carbons (Fsp3) is 0.316. The fourth-order valence-corrected chi connectivity index (χ4v) is 3.09. The molecule has 0 aromatic heterocycles. The SMILES string of the molecule is O=C(c1cccc2c1OCO2)N(CC1CCC1)c1ccccc1. The van der Waals surface area contributed by atoms with Gasteiger partial charge in [-0.2, -0.15) is 0 Å². The lowest BCUT2D eigenvalue weighted by atomic mass is 9.85. The van der Waals surface area contributed by atoms with Gasteiger partial charge in [-0.25, -0.2) is 0 Å². The van der Waals surface area contributed by atoms with Crippen molar-refractivity contribution in [1.82, 2.24) is 0 Å². The molecule has 2 aliphatic rings. The van der Waals surface area contributed by atoms with Gasteiger partial charge < -0.3 is 14.4 Å². The Labute approximate surface area is 135 Å². The van der Waals surface area contributed by atoms with Gasteiger partial charge in [0.2, 0.25) is 6.79 Å². The molecule has 1 fully saturated rings. The van der Waals surface area contributed by atoms with Crippen molar-refractivity contribution in [2.45, 2.75) is 19.3 Å². The van der Waals surface area contributed by atoms with Crippen LogP contribution in [0.1, 0.15) is 29.6 Å². The first-order valence-electron chi connectivity index (χ1n) is 8.08. The van der Waals surface area contributed by atoms with Crippen molar-refractivity contribution in [3.63, 3.8) is 0 Å². The predicted octanol–water partition coefficient (Wildman–Crippen LogP) is 3.86. The lowest BCUT2D eigenvalue weighted by Gasteiger charge is -2.32. The second kappa shape index (κ2) is 5.95. The minimum Gasteiger partial charge on any atom is -0.454 e. The lowest BCUT2D eigenvalue weighted by molar-refractivity contribution is 0.0973. The molecule has 1 heterocycles. The van der Waals surface area contributed by atoms with Crippen LogP contribution in [0, 0.1) is 5.92 Å². The van der Waals surface area contributed by atoms with Crippen molar-refractivity contribution >= 4 is 11.6 Å². The number of amides is 1. The summed E-state index contributed by atoms with van der Waals surface area (Å²) in [6.07, 6.45) is 3.66. The summed E-state index contributed by atoms with van der Waals surface area (Å²) in [5, 5.41) is 0. The van der Waals surface area contributed by atoms with Crippen molar-refractivity contribution in [2.24, 2.45) is 5.92 Å². The van der Waals surface area contributed by atoms with Gasteiger partial charge in [0.15, 0.2) is 11.5 Å². The summed E-state index contributed by atoms with van der Waals surface area (Å²) in [6, 6.07) is 15.3. The molecule has 2 aromatic rings. The summed E-state index contributed by atoms with van der Waals surface area (Å²) in [5.74, 6) is 1.78. The number of hydrogen-bond donors (Lipinski definition) is 0. The number of nitrogens with zero attached hydrogens (tertiary/aromatic N) is 1. The van der Waals surface area contributed by atoms with E-state index < -0.39 is 0 Å². The van der Waals surface area contributed by atoms with Crippen molar-refractivity contribution in [1.29, 1.82) is 0 Å². The first-order chi connectivity index (χ1) is 11.3. The second-order valence-corrected chi connectivity index (χ2v) is 6.09. The third-order valence-electron chi connectivity index (χ3n) is 4.61. The largest absolute Gasteiger partial charge is 0.454 e. The first-order valence-corrected chi connectivity index (χ1v) is 8.08. The van der Waals surface area contributed by atoms with E-state index in [4.69, 9.17) is 9.47 Å². The standard InChI is InChI=1S/C19H19NO3/c21-19(16-10-5-11-17-18(16)23-13-22-17)20(12-14-6-4-7-14)15-8-2-1-3-9-15/h1-3,5,8-11,14H,4,6-7,12-13H2. The molecule has 0 spiro atoms. The molecule has 0 N–H and O–H groups in total. The summed E-state index contributed by atoms with van der Waals surface area (Å²) >= 11 is 0. The zero-order valence-electron chi connectivity index (χ0n) is 12.9. The van der Waals surface area contributed by atoms with Crippen LogP contribution in [0.25, 0.3) is 0 Å². The van der Waals surface area contributed by atoms with Crippen molar-refractivity contribution in [2.75, 3.05) is 18.2 Å². The van der Waals surface area contributed by atoms with Crippen molar-refractivity contribution in [3.05, 3.63) is 54.1 Å². The topological polar surface area (TPSA) is 38.8 Å². The van der Waals surface area contributed by atoms with E-state index in [2.05, 4.69) is 0 Å². The molecular formula is C19H19NO3. The molecule has 1 saturated carbocycles. The van der Waals surface area contributed by atoms with Crippen LogP contribution in [0.4, 0.5) is 5.69 Å². The Morgan fingerprint density at radius 1 is 1.04 bits per heavy atom. The van der Waals surface area contributed by atoms with Crippen LogP contribution in [0.15, 0.2) is 48.5 Å². The molecule has 23 heavy (non-hydrogen) atoms. The van der Waals surface area contributed by atoms with Crippen LogP contribution < -0.4 is 14.4 Å². The first kappa shape index (κ1) is 14.1. The molecule has 1 aliphatic carbocycles. The molecule has 0 saturated heterocycles. The summed E-state index contributed by atoms with van der Waals surface area (Å²) in [5.41, 5.74) is 1.50. The molecule has 0 atom stereocenters. The predicted molar refractivity (Wildman–Crippen MR) is 88.0 cm³/mol. The van der Waals surface area contributed by atoms with E-state index in [0.29, 0.717) is 23.0 Å². The van der Waals surface area contributed by atoms with Crippen LogP contribution in [-0.2, 0) is 0 Å². The molecule has 4 nitrogen and oxygen atoms in total. The Hall–Kier alpha value is -2.49. The maximum absolute atomic E-state index is 13.2. The van der Waals surface area contributed by atoms with Gasteiger partial charge in [-0.15, -0.1) is 0 Å². The van der Waals surface area contributed by atoms with Gasteiger partial charge in [-0.3, -0.25) is 4.79 Å². The molecule has 0 bridgehead atoms. The Morgan fingerprint density at radius 3 is 2.61 bits per heavy atom. The monoisotopic (exact) mass is 309 g/mol. The average molecular weight is 309 g/mol. The molecule has 4 heteroatoms. The molecule has 0 unspecified atom stereocenters. The minimum atomic E-state index is -0.0227. The number of carbonyl (C=O) groups excluding carboxylic acids is 1. The minimum absolute atomic E-state index is 0.0227. The van der Waals surface area contributed by atoms with Gasteiger partial charge in [-0.05, 0) is 43.0 Å². The molecule has 2 aromatic carbocycles. The zero-order valence-corrected chi connectivity index (χ0v) is 12.9. The number of para-hydroxylation sites is 2. The van der Waals surface area contributed by atoms with Crippen LogP contribution in [0.3, 0.4) is 0 Å². The van der Waals surface area contributed by atoms with E-state index in [-0.39, 0.29) is 12.7 Å². The van der Waals surface area contributed by atoms with Gasteiger partial charge >= 0.3 is 0 Å².